The Labute approximate surface area is 79.2 Å². The fourth-order valence-electron chi connectivity index (χ4n) is 1.58. The first-order valence-corrected chi connectivity index (χ1v) is 4.71. The second-order valence-electron chi connectivity index (χ2n) is 3.53. The smallest absolute Gasteiger partial charge is 0.305 e. The Balaban J connectivity index is 2.17. The molecule has 1 fully saturated rings. The maximum Gasteiger partial charge on any atom is 0.305 e. The Morgan fingerprint density at radius 1 is 1.69 bits per heavy atom. The second-order valence-corrected chi connectivity index (χ2v) is 3.53. The Morgan fingerprint density at radius 3 is 3.08 bits per heavy atom. The summed E-state index contributed by atoms with van der Waals surface area (Å²) >= 11 is 0. The third-order valence-corrected chi connectivity index (χ3v) is 2.38. The van der Waals surface area contributed by atoms with Crippen molar-refractivity contribution in [2.24, 2.45) is 0 Å². The number of likely N-dealkylation sites (N-methyl/N-ethyl adjacent to an activating group) is 1. The summed E-state index contributed by atoms with van der Waals surface area (Å²) in [6.45, 7) is 3.13. The molecule has 4 nitrogen and oxygen atoms in total. The number of esters is 1. The van der Waals surface area contributed by atoms with E-state index < -0.39 is 0 Å². The molecule has 0 aromatic heterocycles. The molecule has 1 N–H and O–H groups in total. The van der Waals surface area contributed by atoms with E-state index >= 15 is 0 Å². The standard InChI is InChI=1S/C9H18N2O2/c1-11-6-5-10-8(7-11)3-4-9(12)13-2/h8,10H,3-7H2,1-2H3. The Hall–Kier alpha value is -0.610. The van der Waals surface area contributed by atoms with E-state index in [1.54, 1.807) is 0 Å². The number of nitrogens with one attached hydrogen (secondary N) is 1. The molecule has 0 bridgehead atoms. The van der Waals surface area contributed by atoms with Crippen LogP contribution in [0.25, 0.3) is 0 Å². The molecule has 1 rings (SSSR count). The molecule has 13 heavy (non-hydrogen) atoms. The van der Waals surface area contributed by atoms with Gasteiger partial charge in [-0.3, -0.25) is 4.79 Å². The number of nitrogens with zero attached hydrogens (tertiary/aromatic N) is 1. The fraction of sp³-hybridized carbons (Fsp3) is 0.889. The predicted octanol–water partition coefficient (Wildman–Crippen LogP) is -0.157. The normalized spacial score (nSPS) is 24.3. The van der Waals surface area contributed by atoms with Crippen molar-refractivity contribution in [3.05, 3.63) is 0 Å². The van der Waals surface area contributed by atoms with Crippen molar-refractivity contribution in [2.45, 2.75) is 18.9 Å². The summed E-state index contributed by atoms with van der Waals surface area (Å²) < 4.78 is 4.59. The number of piperazine rings is 1. The third-order valence-electron chi connectivity index (χ3n) is 2.38. The van der Waals surface area contributed by atoms with Crippen LogP contribution in [0.2, 0.25) is 0 Å². The van der Waals surface area contributed by atoms with Gasteiger partial charge in [-0.2, -0.15) is 0 Å². The molecule has 1 aliphatic heterocycles. The maximum absolute atomic E-state index is 10.9. The quantitative estimate of drug-likeness (QED) is 0.622. The van der Waals surface area contributed by atoms with Crippen LogP contribution in [0.5, 0.6) is 0 Å². The SMILES string of the molecule is COC(=O)CCC1CN(C)CCN1. The van der Waals surface area contributed by atoms with Crippen LogP contribution < -0.4 is 5.32 Å². The van der Waals surface area contributed by atoms with Gasteiger partial charge in [-0.15, -0.1) is 0 Å². The van der Waals surface area contributed by atoms with Crippen LogP contribution in [0.1, 0.15) is 12.8 Å². The van der Waals surface area contributed by atoms with Gasteiger partial charge in [0.1, 0.15) is 0 Å². The summed E-state index contributed by atoms with van der Waals surface area (Å²) in [5, 5.41) is 3.38. The summed E-state index contributed by atoms with van der Waals surface area (Å²) in [5.41, 5.74) is 0. The van der Waals surface area contributed by atoms with Gasteiger partial charge in [-0.1, -0.05) is 0 Å². The molecule has 1 saturated heterocycles. The van der Waals surface area contributed by atoms with Gasteiger partial charge in [0.2, 0.25) is 0 Å². The van der Waals surface area contributed by atoms with E-state index in [4.69, 9.17) is 0 Å². The van der Waals surface area contributed by atoms with E-state index in [1.807, 2.05) is 0 Å². The second kappa shape index (κ2) is 5.19. The molecule has 1 atom stereocenters. The van der Waals surface area contributed by atoms with Crippen LogP contribution in [0, 0.1) is 0 Å². The van der Waals surface area contributed by atoms with Crippen molar-refractivity contribution in [1.82, 2.24) is 10.2 Å². The average molecular weight is 186 g/mol. The van der Waals surface area contributed by atoms with Gasteiger partial charge in [0.25, 0.3) is 0 Å². The molecule has 0 aromatic carbocycles. The van der Waals surface area contributed by atoms with E-state index in [0.717, 1.165) is 26.1 Å². The number of hydrogen-bond donors (Lipinski definition) is 1. The zero-order valence-electron chi connectivity index (χ0n) is 8.38. The maximum atomic E-state index is 10.9. The molecule has 1 unspecified atom stereocenters. The first-order chi connectivity index (χ1) is 6.22. The van der Waals surface area contributed by atoms with E-state index in [9.17, 15) is 4.79 Å². The van der Waals surface area contributed by atoms with E-state index in [1.165, 1.54) is 7.11 Å². The first kappa shape index (κ1) is 10.5. The van der Waals surface area contributed by atoms with Crippen LogP contribution in [0.15, 0.2) is 0 Å². The number of rotatable bonds is 3. The molecule has 0 aromatic rings. The van der Waals surface area contributed by atoms with Crippen LogP contribution in [0.4, 0.5) is 0 Å². The highest BCUT2D eigenvalue weighted by Gasteiger charge is 2.16. The minimum absolute atomic E-state index is 0.116. The van der Waals surface area contributed by atoms with Gasteiger partial charge < -0.3 is 15.0 Å². The van der Waals surface area contributed by atoms with Crippen molar-refractivity contribution in [3.8, 4) is 0 Å². The fourth-order valence-corrected chi connectivity index (χ4v) is 1.58. The minimum atomic E-state index is -0.116. The topological polar surface area (TPSA) is 41.6 Å². The van der Waals surface area contributed by atoms with Crippen molar-refractivity contribution in [2.75, 3.05) is 33.8 Å². The number of ether oxygens (including phenoxy) is 1. The lowest BCUT2D eigenvalue weighted by Crippen LogP contribution is -2.49. The molecule has 1 heterocycles. The zero-order chi connectivity index (χ0) is 9.68. The average Bonchev–Trinajstić information content (AvgIpc) is 2.14. The zero-order valence-corrected chi connectivity index (χ0v) is 8.38. The summed E-state index contributed by atoms with van der Waals surface area (Å²) in [6.07, 6.45) is 1.39. The summed E-state index contributed by atoms with van der Waals surface area (Å²) in [6, 6.07) is 0.442. The minimum Gasteiger partial charge on any atom is -0.469 e. The number of methoxy groups -OCH3 is 1. The van der Waals surface area contributed by atoms with Crippen LogP contribution in [-0.4, -0.2) is 50.7 Å². The lowest BCUT2D eigenvalue weighted by Gasteiger charge is -2.30. The molecular formula is C9H18N2O2. The van der Waals surface area contributed by atoms with Crippen molar-refractivity contribution < 1.29 is 9.53 Å². The van der Waals surface area contributed by atoms with E-state index in [-0.39, 0.29) is 5.97 Å². The predicted molar refractivity (Wildman–Crippen MR) is 50.5 cm³/mol. The highest BCUT2D eigenvalue weighted by molar-refractivity contribution is 5.69. The largest absolute Gasteiger partial charge is 0.469 e. The van der Waals surface area contributed by atoms with Crippen molar-refractivity contribution in [1.29, 1.82) is 0 Å². The monoisotopic (exact) mass is 186 g/mol. The van der Waals surface area contributed by atoms with Gasteiger partial charge in [0.15, 0.2) is 0 Å². The van der Waals surface area contributed by atoms with Gasteiger partial charge in [-0.25, -0.2) is 0 Å². The lowest BCUT2D eigenvalue weighted by atomic mass is 10.1. The lowest BCUT2D eigenvalue weighted by molar-refractivity contribution is -0.140. The van der Waals surface area contributed by atoms with Crippen molar-refractivity contribution in [3.63, 3.8) is 0 Å². The number of carbonyl (C=O) groups excluding carboxylic acids is 1. The van der Waals surface area contributed by atoms with Gasteiger partial charge in [-0.05, 0) is 13.5 Å². The molecule has 76 valence electrons. The van der Waals surface area contributed by atoms with Crippen molar-refractivity contribution >= 4 is 5.97 Å². The van der Waals surface area contributed by atoms with Gasteiger partial charge >= 0.3 is 5.97 Å². The summed E-state index contributed by atoms with van der Waals surface area (Å²) in [7, 11) is 3.54. The number of carbonyl (C=O) groups is 1. The highest BCUT2D eigenvalue weighted by atomic mass is 16.5. The molecule has 0 radical (unpaired) electrons. The third kappa shape index (κ3) is 3.74. The van der Waals surface area contributed by atoms with Gasteiger partial charge in [0, 0.05) is 32.1 Å². The van der Waals surface area contributed by atoms with Crippen LogP contribution in [0.3, 0.4) is 0 Å². The Kier molecular flexibility index (Phi) is 4.18. The molecule has 1 aliphatic rings. The van der Waals surface area contributed by atoms with E-state index in [2.05, 4.69) is 22.0 Å². The van der Waals surface area contributed by atoms with Crippen LogP contribution in [-0.2, 0) is 9.53 Å². The molecule has 0 spiro atoms. The molecule has 0 amide bonds. The van der Waals surface area contributed by atoms with Crippen LogP contribution >= 0.6 is 0 Å². The highest BCUT2D eigenvalue weighted by Crippen LogP contribution is 2.03. The summed E-state index contributed by atoms with van der Waals surface area (Å²) in [5.74, 6) is -0.116. The molecule has 0 aliphatic carbocycles. The van der Waals surface area contributed by atoms with Gasteiger partial charge in [0.05, 0.1) is 7.11 Å². The van der Waals surface area contributed by atoms with E-state index in [0.29, 0.717) is 12.5 Å². The first-order valence-electron chi connectivity index (χ1n) is 4.71. The Morgan fingerprint density at radius 2 is 2.46 bits per heavy atom. The Bertz CT molecular complexity index is 173. The summed E-state index contributed by atoms with van der Waals surface area (Å²) in [4.78, 5) is 13.1. The molecular weight excluding hydrogens is 168 g/mol. The molecule has 0 saturated carbocycles. The molecule has 4 heteroatoms. The number of hydrogen-bond acceptors (Lipinski definition) is 4.